The first-order valence-electron chi connectivity index (χ1n) is 20.8. The molecule has 2 N–H and O–H groups in total. The van der Waals surface area contributed by atoms with Gasteiger partial charge in [0.15, 0.2) is 24.8 Å². The Morgan fingerprint density at radius 1 is 0.750 bits per heavy atom. The Morgan fingerprint density at radius 3 is 1.85 bits per heavy atom. The Hall–Kier alpha value is -3.10. The molecule has 3 aromatic heterocycles. The van der Waals surface area contributed by atoms with Crippen molar-refractivity contribution in [3.63, 3.8) is 0 Å². The fourth-order valence-electron chi connectivity index (χ4n) is 5.96. The lowest BCUT2D eigenvalue weighted by atomic mass is 10.1. The lowest BCUT2D eigenvalue weighted by Crippen LogP contribution is -2.41. The molecule has 4 heterocycles. The molecule has 1 aliphatic heterocycles. The first-order chi connectivity index (χ1) is 25.2. The third-order valence-corrected chi connectivity index (χ3v) is 9.18. The molecule has 1 aliphatic rings. The van der Waals surface area contributed by atoms with Crippen molar-refractivity contribution in [3.05, 3.63) is 79.4 Å². The number of aryl methyl sites for hydroxylation is 3. The largest absolute Gasteiger partial charge is 0.365 e. The van der Waals surface area contributed by atoms with Crippen molar-refractivity contribution in [2.24, 2.45) is 19.8 Å². The molecule has 0 aliphatic carbocycles. The molecule has 0 radical (unpaired) electrons. The molecule has 0 aromatic carbocycles. The van der Waals surface area contributed by atoms with Crippen LogP contribution in [0.2, 0.25) is 0 Å². The van der Waals surface area contributed by atoms with Crippen LogP contribution >= 0.6 is 0 Å². The van der Waals surface area contributed by atoms with Crippen LogP contribution < -0.4 is 19.4 Å². The van der Waals surface area contributed by atoms with Crippen LogP contribution in [0.5, 0.6) is 0 Å². The highest BCUT2D eigenvalue weighted by molar-refractivity contribution is 5.92. The summed E-state index contributed by atoms with van der Waals surface area (Å²) in [4.78, 5) is 11.0. The Kier molecular flexibility index (Phi) is 31.7. The number of rotatable bonds is 20. The van der Waals surface area contributed by atoms with Gasteiger partial charge in [0.25, 0.3) is 12.6 Å². The molecule has 0 saturated carbocycles. The Bertz CT molecular complexity index is 1210. The predicted molar refractivity (Wildman–Crippen MR) is 217 cm³/mol. The second kappa shape index (κ2) is 33.7. The summed E-state index contributed by atoms with van der Waals surface area (Å²) in [5.41, 5.74) is 5.73. The summed E-state index contributed by atoms with van der Waals surface area (Å²) in [5.74, 6) is -0.412. The molecule has 4 rings (SSSR count). The quantitative estimate of drug-likeness (QED) is 0.0720. The predicted octanol–water partition coefficient (Wildman–Crippen LogP) is 8.64. The highest BCUT2D eigenvalue weighted by Crippen LogP contribution is 2.18. The van der Waals surface area contributed by atoms with Gasteiger partial charge in [-0.2, -0.15) is 4.57 Å². The molecule has 52 heavy (non-hydrogen) atoms. The van der Waals surface area contributed by atoms with E-state index in [0.29, 0.717) is 12.3 Å². The van der Waals surface area contributed by atoms with E-state index in [2.05, 4.69) is 55.7 Å². The minimum Gasteiger partial charge on any atom is -0.365 e. The third-order valence-electron chi connectivity index (χ3n) is 9.18. The van der Waals surface area contributed by atoms with Crippen LogP contribution in [0.4, 0.5) is 0 Å². The summed E-state index contributed by atoms with van der Waals surface area (Å²) in [5, 5.41) is 0. The average molecular weight is 727 g/mol. The third kappa shape index (κ3) is 27.5. The molecular formula is C44H82N6O2+4. The number of imidazole rings is 1. The lowest BCUT2D eigenvalue weighted by molar-refractivity contribution is -0.897. The molecule has 0 atom stereocenters. The average Bonchev–Trinajstić information content (AvgIpc) is 3.79. The number of ether oxygens (including phenoxy) is 1. The van der Waals surface area contributed by atoms with Gasteiger partial charge in [0.1, 0.15) is 25.0 Å². The Balaban J connectivity index is 0.000000692. The van der Waals surface area contributed by atoms with Gasteiger partial charge in [0, 0.05) is 31.0 Å². The SMILES string of the molecule is CC.CCCCCCCCOC[n+]1cccc(C(N)=O)c1.CCCCCCCC[N+]1(C)CCCC1.CCCCn1cc[n+](C)c1.C[n+]1ccccc1. The monoisotopic (exact) mass is 727 g/mol. The molecule has 0 unspecified atom stereocenters. The molecule has 1 amide bonds. The van der Waals surface area contributed by atoms with Gasteiger partial charge in [-0.15, -0.1) is 0 Å². The number of nitrogens with two attached hydrogens (primary N) is 1. The number of nitrogens with zero attached hydrogens (tertiary/aromatic N) is 5. The first kappa shape index (κ1) is 48.9. The fraction of sp³-hybridized carbons (Fsp3) is 0.682. The van der Waals surface area contributed by atoms with Crippen molar-refractivity contribution in [3.8, 4) is 0 Å². The highest BCUT2D eigenvalue weighted by atomic mass is 16.5. The van der Waals surface area contributed by atoms with Gasteiger partial charge < -0.3 is 15.0 Å². The van der Waals surface area contributed by atoms with Crippen molar-refractivity contribution in [1.82, 2.24) is 4.57 Å². The van der Waals surface area contributed by atoms with E-state index in [1.807, 2.05) is 73.9 Å². The zero-order valence-corrected chi connectivity index (χ0v) is 35.1. The van der Waals surface area contributed by atoms with E-state index in [1.54, 1.807) is 18.3 Å². The normalized spacial score (nSPS) is 12.5. The maximum atomic E-state index is 11.0. The van der Waals surface area contributed by atoms with Crippen molar-refractivity contribution < 1.29 is 27.7 Å². The van der Waals surface area contributed by atoms with Gasteiger partial charge in [-0.25, -0.2) is 13.7 Å². The number of likely N-dealkylation sites (tertiary alicyclic amines) is 1. The fourth-order valence-corrected chi connectivity index (χ4v) is 5.96. The number of primary amides is 1. The van der Waals surface area contributed by atoms with Crippen molar-refractivity contribution in [2.45, 2.75) is 151 Å². The number of pyridine rings is 2. The van der Waals surface area contributed by atoms with E-state index < -0.39 is 5.91 Å². The molecule has 0 bridgehead atoms. The van der Waals surface area contributed by atoms with Gasteiger partial charge in [0.2, 0.25) is 6.33 Å². The van der Waals surface area contributed by atoms with Crippen LogP contribution in [0, 0.1) is 0 Å². The standard InChI is InChI=1S/C15H24N2O2.C13H28N.C8H15N2.C6H8N.C2H6/c1-2-3-4-5-6-7-11-19-13-17-10-8-9-14(12-17)15(16)18;1-3-4-5-6-7-8-11-14(2)12-9-10-13-14;1-3-4-5-10-7-6-9(2)8-10;1-7-5-3-2-4-6-7;1-2/h8-10,12H,2-7,11,13H2,1H3,(H-,16,18);3-13H2,1-2H3;6-8H,3-5H2,1-2H3;2-6H,1H3;1-2H3/q;3*+1;/p+1. The maximum Gasteiger partial charge on any atom is 0.254 e. The van der Waals surface area contributed by atoms with Gasteiger partial charge in [-0.3, -0.25) is 4.79 Å². The molecule has 8 nitrogen and oxygen atoms in total. The van der Waals surface area contributed by atoms with E-state index in [1.165, 1.54) is 120 Å². The minimum atomic E-state index is -0.412. The second-order valence-corrected chi connectivity index (χ2v) is 14.3. The van der Waals surface area contributed by atoms with E-state index >= 15 is 0 Å². The zero-order chi connectivity index (χ0) is 38.7. The molecule has 0 spiro atoms. The molecule has 8 heteroatoms. The van der Waals surface area contributed by atoms with Crippen LogP contribution in [0.1, 0.15) is 148 Å². The summed E-state index contributed by atoms with van der Waals surface area (Å²) in [6.45, 7) is 17.4. The van der Waals surface area contributed by atoms with Crippen LogP contribution in [-0.2, 0) is 32.1 Å². The summed E-state index contributed by atoms with van der Waals surface area (Å²) in [6, 6.07) is 9.50. The number of carbonyl (C=O) groups is 1. The Morgan fingerprint density at radius 2 is 1.33 bits per heavy atom. The molecule has 296 valence electrons. The molecule has 3 aromatic rings. The van der Waals surface area contributed by atoms with Crippen LogP contribution in [-0.4, -0.2) is 48.2 Å². The zero-order valence-electron chi connectivity index (χ0n) is 35.1. The minimum absolute atomic E-state index is 0.412. The maximum absolute atomic E-state index is 11.0. The number of quaternary nitrogens is 1. The number of hydrogen-bond donors (Lipinski definition) is 1. The van der Waals surface area contributed by atoms with Crippen LogP contribution in [0.25, 0.3) is 0 Å². The number of hydrogen-bond acceptors (Lipinski definition) is 2. The van der Waals surface area contributed by atoms with Crippen molar-refractivity contribution >= 4 is 5.91 Å². The first-order valence-corrected chi connectivity index (χ1v) is 20.8. The Labute approximate surface area is 320 Å². The number of amides is 1. The van der Waals surface area contributed by atoms with Crippen molar-refractivity contribution in [2.75, 3.05) is 33.3 Å². The summed E-state index contributed by atoms with van der Waals surface area (Å²) < 4.78 is 15.0. The highest BCUT2D eigenvalue weighted by Gasteiger charge is 2.25. The number of carbonyl (C=O) groups excluding carboxylic acids is 1. The number of unbranched alkanes of at least 4 members (excludes halogenated alkanes) is 11. The van der Waals surface area contributed by atoms with E-state index in [9.17, 15) is 4.79 Å². The topological polar surface area (TPSA) is 68.9 Å². The van der Waals surface area contributed by atoms with Gasteiger partial charge >= 0.3 is 0 Å². The van der Waals surface area contributed by atoms with Gasteiger partial charge in [0.05, 0.1) is 46.9 Å². The second-order valence-electron chi connectivity index (χ2n) is 14.3. The van der Waals surface area contributed by atoms with E-state index in [4.69, 9.17) is 10.5 Å². The van der Waals surface area contributed by atoms with E-state index in [0.717, 1.165) is 19.6 Å². The number of aromatic nitrogens is 4. The van der Waals surface area contributed by atoms with Gasteiger partial charge in [-0.05, 0) is 31.7 Å². The van der Waals surface area contributed by atoms with E-state index in [-0.39, 0.29) is 0 Å². The molecule has 1 saturated heterocycles. The molecular weight excluding hydrogens is 645 g/mol. The van der Waals surface area contributed by atoms with Crippen LogP contribution in [0.15, 0.2) is 73.8 Å². The van der Waals surface area contributed by atoms with Gasteiger partial charge in [-0.1, -0.05) is 105 Å². The molecule has 1 fully saturated rings. The van der Waals surface area contributed by atoms with Crippen LogP contribution in [0.3, 0.4) is 0 Å². The van der Waals surface area contributed by atoms with Crippen molar-refractivity contribution in [1.29, 1.82) is 0 Å². The summed E-state index contributed by atoms with van der Waals surface area (Å²) in [7, 11) is 6.49. The summed E-state index contributed by atoms with van der Waals surface area (Å²) >= 11 is 0. The summed E-state index contributed by atoms with van der Waals surface area (Å²) in [6.07, 6.45) is 35.5. The lowest BCUT2D eigenvalue weighted by Gasteiger charge is -2.29. The smallest absolute Gasteiger partial charge is 0.254 e.